The molecule has 0 saturated carbocycles. The smallest absolute Gasteiger partial charge is 0.251 e. The fraction of sp³-hybridized carbons (Fsp3) is 0.462. The van der Waals surface area contributed by atoms with Crippen LogP contribution in [-0.2, 0) is 0 Å². The highest BCUT2D eigenvalue weighted by Crippen LogP contribution is 2.30. The minimum Gasteiger partial charge on any atom is -0.486 e. The molecule has 2 rings (SSSR count). The second kappa shape index (κ2) is 7.86. The number of nitrogens with one attached hydrogen (secondary N) is 2. The summed E-state index contributed by atoms with van der Waals surface area (Å²) in [5, 5.41) is 5.90. The molecular weight excluding hydrogens is 268 g/mol. The zero-order valence-electron chi connectivity index (χ0n) is 10.9. The standard InChI is InChI=1S/C13H18N2O3.ClH/c1-14-5-2-6-15-13(16)10-3-4-11-12(9-10)18-8-7-17-11;/h3-4,9,14H,2,5-8H2,1H3,(H,15,16);1H. The fourth-order valence-electron chi connectivity index (χ4n) is 1.75. The summed E-state index contributed by atoms with van der Waals surface area (Å²) in [6, 6.07) is 5.25. The van der Waals surface area contributed by atoms with Gasteiger partial charge in [0.2, 0.25) is 0 Å². The van der Waals surface area contributed by atoms with E-state index >= 15 is 0 Å². The van der Waals surface area contributed by atoms with Gasteiger partial charge in [0.1, 0.15) is 13.2 Å². The van der Waals surface area contributed by atoms with Gasteiger partial charge in [-0.2, -0.15) is 0 Å². The lowest BCUT2D eigenvalue weighted by atomic mass is 10.2. The summed E-state index contributed by atoms with van der Waals surface area (Å²) in [6.07, 6.45) is 0.910. The van der Waals surface area contributed by atoms with Crippen molar-refractivity contribution >= 4 is 18.3 Å². The van der Waals surface area contributed by atoms with Crippen LogP contribution in [0.15, 0.2) is 18.2 Å². The minimum atomic E-state index is -0.0805. The van der Waals surface area contributed by atoms with Crippen LogP contribution in [-0.4, -0.2) is 39.3 Å². The quantitative estimate of drug-likeness (QED) is 0.799. The van der Waals surface area contributed by atoms with E-state index in [0.717, 1.165) is 13.0 Å². The molecule has 0 fully saturated rings. The van der Waals surface area contributed by atoms with Crippen LogP contribution >= 0.6 is 12.4 Å². The van der Waals surface area contributed by atoms with E-state index in [9.17, 15) is 4.79 Å². The summed E-state index contributed by atoms with van der Waals surface area (Å²) in [5.41, 5.74) is 0.601. The summed E-state index contributed by atoms with van der Waals surface area (Å²) < 4.78 is 10.8. The van der Waals surface area contributed by atoms with Gasteiger partial charge in [-0.3, -0.25) is 4.79 Å². The van der Waals surface area contributed by atoms with Gasteiger partial charge in [0.05, 0.1) is 0 Å². The Bertz CT molecular complexity index is 426. The van der Waals surface area contributed by atoms with E-state index < -0.39 is 0 Å². The largest absolute Gasteiger partial charge is 0.486 e. The van der Waals surface area contributed by atoms with E-state index in [1.807, 2.05) is 7.05 Å². The lowest BCUT2D eigenvalue weighted by molar-refractivity contribution is 0.0952. The predicted molar refractivity (Wildman–Crippen MR) is 75.6 cm³/mol. The molecule has 0 unspecified atom stereocenters. The Labute approximate surface area is 119 Å². The molecule has 6 heteroatoms. The van der Waals surface area contributed by atoms with Crippen molar-refractivity contribution in [2.75, 3.05) is 33.4 Å². The van der Waals surface area contributed by atoms with Gasteiger partial charge < -0.3 is 20.1 Å². The minimum absolute atomic E-state index is 0. The summed E-state index contributed by atoms with van der Waals surface area (Å²) in [4.78, 5) is 11.9. The van der Waals surface area contributed by atoms with Crippen molar-refractivity contribution in [2.45, 2.75) is 6.42 Å². The van der Waals surface area contributed by atoms with Crippen LogP contribution in [0.2, 0.25) is 0 Å². The van der Waals surface area contributed by atoms with Gasteiger partial charge in [0.15, 0.2) is 11.5 Å². The molecule has 19 heavy (non-hydrogen) atoms. The molecule has 0 aliphatic carbocycles. The maximum absolute atomic E-state index is 11.9. The van der Waals surface area contributed by atoms with Crippen LogP contribution in [0.5, 0.6) is 11.5 Å². The highest BCUT2D eigenvalue weighted by molar-refractivity contribution is 5.94. The molecule has 0 atom stereocenters. The summed E-state index contributed by atoms with van der Waals surface area (Å²) in [5.74, 6) is 1.26. The van der Waals surface area contributed by atoms with Gasteiger partial charge in [0.25, 0.3) is 5.91 Å². The Balaban J connectivity index is 0.00000180. The molecule has 5 nitrogen and oxygen atoms in total. The number of ether oxygens (including phenoxy) is 2. The molecule has 0 radical (unpaired) electrons. The maximum atomic E-state index is 11.9. The molecule has 0 bridgehead atoms. The van der Waals surface area contributed by atoms with Crippen LogP contribution in [0.1, 0.15) is 16.8 Å². The van der Waals surface area contributed by atoms with E-state index in [4.69, 9.17) is 9.47 Å². The van der Waals surface area contributed by atoms with Crippen molar-refractivity contribution in [3.8, 4) is 11.5 Å². The average Bonchev–Trinajstić information content (AvgIpc) is 2.43. The molecule has 1 amide bonds. The highest BCUT2D eigenvalue weighted by atomic mass is 35.5. The Morgan fingerprint density at radius 1 is 1.21 bits per heavy atom. The summed E-state index contributed by atoms with van der Waals surface area (Å²) in [6.45, 7) is 2.64. The molecule has 106 valence electrons. The number of hydrogen-bond acceptors (Lipinski definition) is 4. The van der Waals surface area contributed by atoms with Crippen LogP contribution < -0.4 is 20.1 Å². The molecule has 0 aromatic heterocycles. The van der Waals surface area contributed by atoms with Gasteiger partial charge in [-0.1, -0.05) is 0 Å². The number of halogens is 1. The second-order valence-electron chi connectivity index (χ2n) is 4.07. The molecule has 1 aromatic rings. The molecule has 0 saturated heterocycles. The number of rotatable bonds is 5. The SMILES string of the molecule is CNCCCNC(=O)c1ccc2c(c1)OCCO2.Cl. The number of carbonyl (C=O) groups is 1. The third-order valence-electron chi connectivity index (χ3n) is 2.69. The van der Waals surface area contributed by atoms with Crippen LogP contribution in [0.3, 0.4) is 0 Å². The molecule has 1 aliphatic heterocycles. The topological polar surface area (TPSA) is 59.6 Å². The van der Waals surface area contributed by atoms with Crippen molar-refractivity contribution in [3.05, 3.63) is 23.8 Å². The third kappa shape index (κ3) is 4.29. The Kier molecular flexibility index (Phi) is 6.45. The molecule has 0 spiro atoms. The van der Waals surface area contributed by atoms with Crippen LogP contribution in [0.4, 0.5) is 0 Å². The number of benzene rings is 1. The van der Waals surface area contributed by atoms with Gasteiger partial charge in [-0.25, -0.2) is 0 Å². The normalized spacial score (nSPS) is 12.5. The van der Waals surface area contributed by atoms with Crippen molar-refractivity contribution in [2.24, 2.45) is 0 Å². The lowest BCUT2D eigenvalue weighted by Gasteiger charge is -2.18. The zero-order valence-corrected chi connectivity index (χ0v) is 11.7. The van der Waals surface area contributed by atoms with E-state index in [2.05, 4.69) is 10.6 Å². The molecule has 1 aromatic carbocycles. The van der Waals surface area contributed by atoms with Gasteiger partial charge >= 0.3 is 0 Å². The second-order valence-corrected chi connectivity index (χ2v) is 4.07. The summed E-state index contributed by atoms with van der Waals surface area (Å²) >= 11 is 0. The molecular formula is C13H19ClN2O3. The number of amides is 1. The zero-order chi connectivity index (χ0) is 12.8. The number of carbonyl (C=O) groups excluding carboxylic acids is 1. The van der Waals surface area contributed by atoms with Gasteiger partial charge in [-0.05, 0) is 38.2 Å². The van der Waals surface area contributed by atoms with E-state index in [1.165, 1.54) is 0 Å². The van der Waals surface area contributed by atoms with Gasteiger partial charge in [0, 0.05) is 12.1 Å². The van der Waals surface area contributed by atoms with Crippen molar-refractivity contribution < 1.29 is 14.3 Å². The fourth-order valence-corrected chi connectivity index (χ4v) is 1.75. The van der Waals surface area contributed by atoms with Crippen molar-refractivity contribution in [1.29, 1.82) is 0 Å². The lowest BCUT2D eigenvalue weighted by Crippen LogP contribution is -2.26. The summed E-state index contributed by atoms with van der Waals surface area (Å²) in [7, 11) is 1.89. The van der Waals surface area contributed by atoms with Gasteiger partial charge in [-0.15, -0.1) is 12.4 Å². The Morgan fingerprint density at radius 2 is 1.95 bits per heavy atom. The monoisotopic (exact) mass is 286 g/mol. The van der Waals surface area contributed by atoms with Crippen LogP contribution in [0.25, 0.3) is 0 Å². The first kappa shape index (κ1) is 15.6. The average molecular weight is 287 g/mol. The van der Waals surface area contributed by atoms with Crippen LogP contribution in [0, 0.1) is 0 Å². The number of hydrogen-bond donors (Lipinski definition) is 2. The highest BCUT2D eigenvalue weighted by Gasteiger charge is 2.14. The first-order valence-corrected chi connectivity index (χ1v) is 6.13. The maximum Gasteiger partial charge on any atom is 0.251 e. The molecule has 1 aliphatic rings. The van der Waals surface area contributed by atoms with E-state index in [1.54, 1.807) is 18.2 Å². The first-order chi connectivity index (χ1) is 8.81. The van der Waals surface area contributed by atoms with E-state index in [0.29, 0.717) is 36.8 Å². The predicted octanol–water partition coefficient (Wildman–Crippen LogP) is 1.22. The molecule has 2 N–H and O–H groups in total. The number of fused-ring (bicyclic) bond motifs is 1. The van der Waals surface area contributed by atoms with Crippen molar-refractivity contribution in [1.82, 2.24) is 10.6 Å². The first-order valence-electron chi connectivity index (χ1n) is 6.13. The molecule has 1 heterocycles. The van der Waals surface area contributed by atoms with Crippen molar-refractivity contribution in [3.63, 3.8) is 0 Å². The third-order valence-corrected chi connectivity index (χ3v) is 2.69. The Morgan fingerprint density at radius 3 is 2.68 bits per heavy atom. The van der Waals surface area contributed by atoms with E-state index in [-0.39, 0.29) is 18.3 Å². The Hall–Kier alpha value is -1.46.